The highest BCUT2D eigenvalue weighted by molar-refractivity contribution is 7.87. The topological polar surface area (TPSA) is 90.9 Å². The molecule has 1 N–H and O–H groups in total. The maximum Gasteiger partial charge on any atom is 0.407 e. The van der Waals surface area contributed by atoms with Gasteiger partial charge in [0.1, 0.15) is 21.8 Å². The highest BCUT2D eigenvalue weighted by atomic mass is 32.2. The fourth-order valence-electron chi connectivity index (χ4n) is 3.35. The fraction of sp³-hybridized carbons (Fsp3) is 0.321. The highest BCUT2D eigenvalue weighted by Crippen LogP contribution is 2.29. The molecule has 0 saturated heterocycles. The molecule has 0 fully saturated rings. The van der Waals surface area contributed by atoms with E-state index in [4.69, 9.17) is 13.7 Å². The molecule has 0 saturated carbocycles. The third kappa shape index (κ3) is 7.83. The van der Waals surface area contributed by atoms with Gasteiger partial charge in [0.05, 0.1) is 13.2 Å². The van der Waals surface area contributed by atoms with Crippen molar-refractivity contribution in [2.45, 2.75) is 57.3 Å². The second kappa shape index (κ2) is 11.1. The summed E-state index contributed by atoms with van der Waals surface area (Å²) in [4.78, 5) is 12.4. The molecule has 8 heteroatoms. The molecular formula is C28H33NO6S. The molecule has 1 unspecified atom stereocenters. The zero-order chi connectivity index (χ0) is 26.4. The van der Waals surface area contributed by atoms with Crippen LogP contribution in [-0.4, -0.2) is 26.7 Å². The van der Waals surface area contributed by atoms with E-state index in [1.54, 1.807) is 57.2 Å². The van der Waals surface area contributed by atoms with E-state index in [-0.39, 0.29) is 17.2 Å². The second-order valence-corrected chi connectivity index (χ2v) is 11.3. The van der Waals surface area contributed by atoms with Crippen molar-refractivity contribution in [3.05, 3.63) is 95.6 Å². The molecule has 36 heavy (non-hydrogen) atoms. The lowest BCUT2D eigenvalue weighted by Gasteiger charge is -2.31. The molecule has 0 bridgehead atoms. The maximum absolute atomic E-state index is 12.6. The summed E-state index contributed by atoms with van der Waals surface area (Å²) in [6.07, 6.45) is -0.554. The van der Waals surface area contributed by atoms with Crippen LogP contribution in [0.25, 0.3) is 0 Å². The van der Waals surface area contributed by atoms with Crippen LogP contribution in [0.5, 0.6) is 5.75 Å². The fourth-order valence-corrected chi connectivity index (χ4v) is 4.28. The van der Waals surface area contributed by atoms with E-state index < -0.39 is 27.4 Å². The van der Waals surface area contributed by atoms with Gasteiger partial charge in [-0.3, -0.25) is 0 Å². The van der Waals surface area contributed by atoms with E-state index in [0.717, 1.165) is 16.7 Å². The van der Waals surface area contributed by atoms with Gasteiger partial charge in [-0.1, -0.05) is 60.2 Å². The average molecular weight is 512 g/mol. The molecule has 3 aromatic carbocycles. The number of rotatable bonds is 9. The predicted octanol–water partition coefficient (Wildman–Crippen LogP) is 5.72. The summed E-state index contributed by atoms with van der Waals surface area (Å²) in [7, 11) is -3.97. The van der Waals surface area contributed by atoms with Crippen molar-refractivity contribution in [3.63, 3.8) is 0 Å². The Hall–Kier alpha value is -3.36. The van der Waals surface area contributed by atoms with Crippen molar-refractivity contribution in [2.24, 2.45) is 0 Å². The van der Waals surface area contributed by atoms with E-state index in [2.05, 4.69) is 5.32 Å². The predicted molar refractivity (Wildman–Crippen MR) is 138 cm³/mol. The molecule has 192 valence electrons. The smallest absolute Gasteiger partial charge is 0.407 e. The van der Waals surface area contributed by atoms with E-state index in [1.807, 2.05) is 44.2 Å². The van der Waals surface area contributed by atoms with Gasteiger partial charge < -0.3 is 19.0 Å². The number of hydrogen-bond donors (Lipinski definition) is 1. The first-order valence-corrected chi connectivity index (χ1v) is 13.0. The lowest BCUT2D eigenvalue weighted by Crippen LogP contribution is -2.42. The Morgan fingerprint density at radius 2 is 1.47 bits per heavy atom. The van der Waals surface area contributed by atoms with Crippen LogP contribution in [0.2, 0.25) is 0 Å². The van der Waals surface area contributed by atoms with Gasteiger partial charge in [0.15, 0.2) is 0 Å². The quantitative estimate of drug-likeness (QED) is 0.370. The average Bonchev–Trinajstić information content (AvgIpc) is 2.82. The van der Waals surface area contributed by atoms with Crippen LogP contribution in [0.4, 0.5) is 4.79 Å². The van der Waals surface area contributed by atoms with Crippen LogP contribution in [-0.2, 0) is 31.8 Å². The lowest BCUT2D eigenvalue weighted by molar-refractivity contribution is -0.0481. The number of amides is 1. The molecule has 0 aliphatic heterocycles. The summed E-state index contributed by atoms with van der Waals surface area (Å²) in [5.74, 6) is 0.171. The summed E-state index contributed by atoms with van der Waals surface area (Å²) < 4.78 is 42.2. The van der Waals surface area contributed by atoms with Gasteiger partial charge in [-0.2, -0.15) is 8.42 Å². The van der Waals surface area contributed by atoms with Crippen LogP contribution in [0.3, 0.4) is 0 Å². The minimum Gasteiger partial charge on any atom is -0.444 e. The minimum absolute atomic E-state index is 0.0785. The Bertz CT molecular complexity index is 1250. The van der Waals surface area contributed by atoms with Crippen molar-refractivity contribution in [3.8, 4) is 5.75 Å². The first-order valence-electron chi connectivity index (χ1n) is 11.6. The molecule has 3 aromatic rings. The summed E-state index contributed by atoms with van der Waals surface area (Å²) in [6, 6.07) is 22.7. The van der Waals surface area contributed by atoms with E-state index >= 15 is 0 Å². The molecule has 3 rings (SSSR count). The summed E-state index contributed by atoms with van der Waals surface area (Å²) >= 11 is 0. The van der Waals surface area contributed by atoms with Gasteiger partial charge in [0.2, 0.25) is 0 Å². The number of ether oxygens (including phenoxy) is 2. The second-order valence-electron chi connectivity index (χ2n) is 9.74. The third-order valence-corrected chi connectivity index (χ3v) is 6.61. The first kappa shape index (κ1) is 27.2. The standard InChI is InChI=1S/C28H33NO6S/c1-21-11-17-25(18-12-21)36(31,32)35-24-15-13-23(14-16-24)28(5,20-29-26(30)34-27(2,3)4)33-19-22-9-7-6-8-10-22/h6-18H,19-20H2,1-5H3,(H,29,30). The third-order valence-electron chi connectivity index (χ3n) is 5.35. The Balaban J connectivity index is 1.78. The van der Waals surface area contributed by atoms with E-state index in [0.29, 0.717) is 6.61 Å². The molecule has 0 aliphatic rings. The van der Waals surface area contributed by atoms with Gasteiger partial charge in [0, 0.05) is 0 Å². The summed E-state index contributed by atoms with van der Waals surface area (Å²) in [5, 5.41) is 2.78. The van der Waals surface area contributed by atoms with Crippen molar-refractivity contribution in [2.75, 3.05) is 6.54 Å². The van der Waals surface area contributed by atoms with E-state index in [1.165, 1.54) is 12.1 Å². The Kier molecular flexibility index (Phi) is 8.43. The Morgan fingerprint density at radius 1 is 0.861 bits per heavy atom. The number of benzene rings is 3. The molecule has 0 heterocycles. The zero-order valence-electron chi connectivity index (χ0n) is 21.3. The zero-order valence-corrected chi connectivity index (χ0v) is 22.1. The van der Waals surface area contributed by atoms with Gasteiger partial charge >= 0.3 is 16.2 Å². The number of alkyl carbamates (subject to hydrolysis) is 1. The Labute approximate surface area is 213 Å². The number of aryl methyl sites for hydroxylation is 1. The molecule has 1 amide bonds. The van der Waals surface area contributed by atoms with E-state index in [9.17, 15) is 13.2 Å². The summed E-state index contributed by atoms with van der Waals surface area (Å²) in [5.41, 5.74) is 1.10. The molecule has 1 atom stereocenters. The Morgan fingerprint density at radius 3 is 2.06 bits per heavy atom. The molecule has 0 aliphatic carbocycles. The first-order chi connectivity index (χ1) is 16.9. The monoisotopic (exact) mass is 511 g/mol. The molecule has 0 radical (unpaired) electrons. The maximum atomic E-state index is 12.6. The van der Waals surface area contributed by atoms with Crippen LogP contribution < -0.4 is 9.50 Å². The molecule has 0 spiro atoms. The van der Waals surface area contributed by atoms with Crippen molar-refractivity contribution in [1.82, 2.24) is 5.32 Å². The molecule has 7 nitrogen and oxygen atoms in total. The van der Waals surface area contributed by atoms with Crippen LogP contribution >= 0.6 is 0 Å². The number of carbonyl (C=O) groups is 1. The number of carbonyl (C=O) groups excluding carboxylic acids is 1. The molecular weight excluding hydrogens is 478 g/mol. The van der Waals surface area contributed by atoms with Crippen molar-refractivity contribution < 1.29 is 26.9 Å². The normalized spacial score (nSPS) is 13.5. The largest absolute Gasteiger partial charge is 0.444 e. The van der Waals surface area contributed by atoms with Gasteiger partial charge in [-0.25, -0.2) is 4.79 Å². The highest BCUT2D eigenvalue weighted by Gasteiger charge is 2.30. The number of nitrogens with one attached hydrogen (secondary N) is 1. The van der Waals surface area contributed by atoms with Gasteiger partial charge in [0.25, 0.3) is 0 Å². The van der Waals surface area contributed by atoms with Gasteiger partial charge in [-0.15, -0.1) is 0 Å². The van der Waals surface area contributed by atoms with Crippen molar-refractivity contribution >= 4 is 16.2 Å². The minimum atomic E-state index is -3.97. The van der Waals surface area contributed by atoms with Gasteiger partial charge in [-0.05, 0) is 70.0 Å². The van der Waals surface area contributed by atoms with Crippen molar-refractivity contribution in [1.29, 1.82) is 0 Å². The lowest BCUT2D eigenvalue weighted by atomic mass is 9.95. The van der Waals surface area contributed by atoms with Crippen LogP contribution in [0.15, 0.2) is 83.8 Å². The van der Waals surface area contributed by atoms with Crippen LogP contribution in [0.1, 0.15) is 44.4 Å². The number of hydrogen-bond acceptors (Lipinski definition) is 6. The SMILES string of the molecule is Cc1ccc(S(=O)(=O)Oc2ccc(C(C)(CNC(=O)OC(C)(C)C)OCc3ccccc3)cc2)cc1. The van der Waals surface area contributed by atoms with Crippen LogP contribution in [0, 0.1) is 6.92 Å². The molecule has 0 aromatic heterocycles. The summed E-state index contributed by atoms with van der Waals surface area (Å²) in [6.45, 7) is 9.56.